The Morgan fingerprint density at radius 3 is 2.52 bits per heavy atom. The van der Waals surface area contributed by atoms with Crippen molar-refractivity contribution < 1.29 is 13.2 Å². The highest BCUT2D eigenvalue weighted by molar-refractivity contribution is 7.94. The van der Waals surface area contributed by atoms with Gasteiger partial charge in [-0.05, 0) is 53.6 Å². The van der Waals surface area contributed by atoms with E-state index in [0.29, 0.717) is 6.54 Å². The van der Waals surface area contributed by atoms with Crippen molar-refractivity contribution in [1.29, 1.82) is 0 Å². The van der Waals surface area contributed by atoms with Crippen molar-refractivity contribution >= 4 is 15.7 Å². The Kier molecular flexibility index (Phi) is 5.31. The molecule has 1 aliphatic heterocycles. The van der Waals surface area contributed by atoms with Crippen LogP contribution in [-0.2, 0) is 27.6 Å². The molecule has 0 radical (unpaired) electrons. The Morgan fingerprint density at radius 2 is 1.83 bits per heavy atom. The van der Waals surface area contributed by atoms with Crippen LogP contribution in [0.4, 0.5) is 0 Å². The summed E-state index contributed by atoms with van der Waals surface area (Å²) in [7, 11) is -3.27. The molecule has 0 fully saturated rings. The van der Waals surface area contributed by atoms with E-state index in [4.69, 9.17) is 0 Å². The van der Waals surface area contributed by atoms with E-state index >= 15 is 0 Å². The third-order valence-corrected chi connectivity index (χ3v) is 6.28. The summed E-state index contributed by atoms with van der Waals surface area (Å²) in [5.41, 5.74) is 2.77. The molecule has 4 rings (SSSR count). The second-order valence-electron chi connectivity index (χ2n) is 7.04. The maximum Gasteiger partial charge on any atom is 0.227 e. The highest BCUT2D eigenvalue weighted by atomic mass is 32.2. The maximum absolute atomic E-state index is 13.2. The number of amides is 1. The average molecular weight is 407 g/mol. The molecule has 148 valence electrons. The first-order valence-corrected chi connectivity index (χ1v) is 11.0. The third-order valence-electron chi connectivity index (χ3n) is 4.90. The summed E-state index contributed by atoms with van der Waals surface area (Å²) in [5.74, 6) is -0.189. The largest absolute Gasteiger partial charge is 0.331 e. The molecule has 1 atom stereocenters. The molecule has 3 heterocycles. The number of carbonyl (C=O) groups is 1. The normalized spacial score (nSPS) is 17.3. The molecule has 0 spiro atoms. The molecule has 1 aromatic carbocycles. The van der Waals surface area contributed by atoms with Crippen molar-refractivity contribution in [3.63, 3.8) is 0 Å². The molecule has 2 aromatic heterocycles. The summed E-state index contributed by atoms with van der Waals surface area (Å²) in [4.78, 5) is 18.8. The first-order valence-electron chi connectivity index (χ1n) is 9.32. The number of aromatic nitrogens is 2. The predicted octanol–water partition coefficient (Wildman–Crippen LogP) is 2.75. The van der Waals surface area contributed by atoms with Crippen molar-refractivity contribution in [3.8, 4) is 5.69 Å². The molecule has 0 bridgehead atoms. The number of hydrogen-bond donors (Lipinski definition) is 0. The van der Waals surface area contributed by atoms with E-state index < -0.39 is 15.9 Å². The quantitative estimate of drug-likeness (QED) is 0.630. The zero-order valence-electron chi connectivity index (χ0n) is 15.8. The van der Waals surface area contributed by atoms with Gasteiger partial charge in [-0.3, -0.25) is 9.78 Å². The van der Waals surface area contributed by atoms with Crippen LogP contribution in [-0.4, -0.2) is 40.6 Å². The fourth-order valence-corrected chi connectivity index (χ4v) is 4.74. The minimum absolute atomic E-state index is 0.0762. The molecule has 6 nitrogen and oxygen atoms in total. The smallest absolute Gasteiger partial charge is 0.227 e. The number of carbonyl (C=O) groups excluding carboxylic acids is 1. The van der Waals surface area contributed by atoms with Crippen LogP contribution in [0.15, 0.2) is 84.8 Å². The van der Waals surface area contributed by atoms with Crippen molar-refractivity contribution in [2.45, 2.75) is 19.0 Å². The Balaban J connectivity index is 1.57. The van der Waals surface area contributed by atoms with Gasteiger partial charge in [0.25, 0.3) is 0 Å². The molecule has 7 heteroatoms. The summed E-state index contributed by atoms with van der Waals surface area (Å²) < 4.78 is 25.8. The number of sulfone groups is 1. The molecule has 0 saturated heterocycles. The summed E-state index contributed by atoms with van der Waals surface area (Å²) in [6.07, 6.45) is 9.03. The van der Waals surface area contributed by atoms with Gasteiger partial charge < -0.3 is 9.47 Å². The van der Waals surface area contributed by atoms with Gasteiger partial charge in [0.05, 0.1) is 18.2 Å². The second kappa shape index (κ2) is 8.05. The molecule has 1 aliphatic rings. The summed E-state index contributed by atoms with van der Waals surface area (Å²) in [6.45, 7) is 0.336. The first kappa shape index (κ1) is 19.1. The Morgan fingerprint density at radius 1 is 1.07 bits per heavy atom. The Bertz CT molecular complexity index is 1120. The summed E-state index contributed by atoms with van der Waals surface area (Å²) in [6, 6.07) is 14.9. The van der Waals surface area contributed by atoms with Crippen molar-refractivity contribution in [2.75, 3.05) is 5.75 Å². The summed E-state index contributed by atoms with van der Waals surface area (Å²) in [5, 5.41) is 1.21. The van der Waals surface area contributed by atoms with E-state index in [-0.39, 0.29) is 18.1 Å². The van der Waals surface area contributed by atoms with Crippen LogP contribution in [0.2, 0.25) is 0 Å². The van der Waals surface area contributed by atoms with Crippen LogP contribution in [0.25, 0.3) is 5.69 Å². The molecule has 29 heavy (non-hydrogen) atoms. The van der Waals surface area contributed by atoms with Crippen LogP contribution in [0.3, 0.4) is 0 Å². The molecular weight excluding hydrogens is 386 g/mol. The lowest BCUT2D eigenvalue weighted by molar-refractivity contribution is -0.132. The van der Waals surface area contributed by atoms with E-state index in [1.54, 1.807) is 23.4 Å². The molecule has 1 unspecified atom stereocenters. The van der Waals surface area contributed by atoms with Gasteiger partial charge in [0.1, 0.15) is 0 Å². The van der Waals surface area contributed by atoms with Gasteiger partial charge in [0.15, 0.2) is 9.84 Å². The van der Waals surface area contributed by atoms with Crippen molar-refractivity contribution in [3.05, 3.63) is 95.9 Å². The van der Waals surface area contributed by atoms with Crippen LogP contribution in [0.5, 0.6) is 0 Å². The number of hydrogen-bond acceptors (Lipinski definition) is 4. The number of pyridine rings is 1. The van der Waals surface area contributed by atoms with Gasteiger partial charge in [0.2, 0.25) is 5.91 Å². The first-order chi connectivity index (χ1) is 14.0. The van der Waals surface area contributed by atoms with Gasteiger partial charge in [-0.15, -0.1) is 0 Å². The average Bonchev–Trinajstić information content (AvgIpc) is 3.37. The van der Waals surface area contributed by atoms with Crippen LogP contribution in [0.1, 0.15) is 11.1 Å². The summed E-state index contributed by atoms with van der Waals surface area (Å²) >= 11 is 0. The third kappa shape index (κ3) is 4.63. The van der Waals surface area contributed by atoms with Crippen LogP contribution < -0.4 is 0 Å². The molecule has 0 aliphatic carbocycles. The lowest BCUT2D eigenvalue weighted by Crippen LogP contribution is -2.41. The van der Waals surface area contributed by atoms with Gasteiger partial charge in [-0.2, -0.15) is 0 Å². The fraction of sp³-hybridized carbons (Fsp3) is 0.182. The van der Waals surface area contributed by atoms with Crippen molar-refractivity contribution in [2.24, 2.45) is 0 Å². The molecular formula is C22H21N3O3S. The molecule has 1 amide bonds. The van der Waals surface area contributed by atoms with Crippen LogP contribution >= 0.6 is 0 Å². The van der Waals surface area contributed by atoms with E-state index in [2.05, 4.69) is 4.98 Å². The highest BCUT2D eigenvalue weighted by Crippen LogP contribution is 2.20. The SMILES string of the molecule is O=C(Cc1cccc(-n2cccc2)c1)N(Cc1ccncc1)C1C=CS(=O)(=O)C1. The maximum atomic E-state index is 13.2. The number of benzene rings is 1. The lowest BCUT2D eigenvalue weighted by atomic mass is 10.1. The molecule has 3 aromatic rings. The topological polar surface area (TPSA) is 72.3 Å². The van der Waals surface area contributed by atoms with Gasteiger partial charge >= 0.3 is 0 Å². The standard InChI is InChI=1S/C22H21N3O3S/c26-22(15-19-4-3-5-20(14-19)24-11-1-2-12-24)25(16-18-6-9-23-10-7-18)21-8-13-29(27,28)17-21/h1-14,21H,15-17H2. The minimum atomic E-state index is -3.27. The minimum Gasteiger partial charge on any atom is -0.331 e. The monoisotopic (exact) mass is 407 g/mol. The fourth-order valence-electron chi connectivity index (χ4n) is 3.44. The second-order valence-corrected chi connectivity index (χ2v) is 8.97. The molecule has 0 N–H and O–H groups in total. The zero-order valence-corrected chi connectivity index (χ0v) is 16.6. The van der Waals surface area contributed by atoms with Gasteiger partial charge in [-0.1, -0.05) is 12.1 Å². The highest BCUT2D eigenvalue weighted by Gasteiger charge is 2.30. The van der Waals surface area contributed by atoms with Crippen molar-refractivity contribution in [1.82, 2.24) is 14.5 Å². The Hall–Kier alpha value is -3.19. The lowest BCUT2D eigenvalue weighted by Gasteiger charge is -2.28. The Labute approximate surface area is 170 Å². The van der Waals surface area contributed by atoms with Gasteiger partial charge in [-0.25, -0.2) is 8.42 Å². The van der Waals surface area contributed by atoms with E-state index in [1.165, 1.54) is 5.41 Å². The predicted molar refractivity (Wildman–Crippen MR) is 111 cm³/mol. The number of nitrogens with zero attached hydrogens (tertiary/aromatic N) is 3. The van der Waals surface area contributed by atoms with E-state index in [9.17, 15) is 13.2 Å². The van der Waals surface area contributed by atoms with E-state index in [1.807, 2.05) is 65.5 Å². The van der Waals surface area contributed by atoms with Gasteiger partial charge in [0, 0.05) is 42.4 Å². The molecule has 0 saturated carbocycles. The zero-order chi connectivity index (χ0) is 20.3. The number of rotatable bonds is 6. The van der Waals surface area contributed by atoms with Crippen LogP contribution in [0, 0.1) is 0 Å². The van der Waals surface area contributed by atoms with E-state index in [0.717, 1.165) is 16.8 Å².